The van der Waals surface area contributed by atoms with Crippen molar-refractivity contribution >= 4 is 24.2 Å². The van der Waals surface area contributed by atoms with E-state index in [2.05, 4.69) is 10.1 Å². The minimum Gasteiger partial charge on any atom is -0.464 e. The summed E-state index contributed by atoms with van der Waals surface area (Å²) in [4.78, 5) is 12.4. The molecule has 0 fully saturated rings. The molecular formula is C19H17BF3NO6. The maximum atomic E-state index is 12.5. The lowest BCUT2D eigenvalue weighted by Gasteiger charge is -2.19. The smallest absolute Gasteiger partial charge is 0.464 e. The van der Waals surface area contributed by atoms with Crippen molar-refractivity contribution in [3.05, 3.63) is 65.9 Å². The Morgan fingerprint density at radius 1 is 1.10 bits per heavy atom. The average Bonchev–Trinajstić information content (AvgIpc) is 3.04. The van der Waals surface area contributed by atoms with Gasteiger partial charge in [-0.05, 0) is 12.1 Å². The summed E-state index contributed by atoms with van der Waals surface area (Å²) in [6.07, 6.45) is -5.04. The van der Waals surface area contributed by atoms with Crippen molar-refractivity contribution < 1.29 is 41.8 Å². The van der Waals surface area contributed by atoms with Gasteiger partial charge in [0, 0.05) is 22.9 Å². The lowest BCUT2D eigenvalue weighted by molar-refractivity contribution is -0.274. The highest BCUT2D eigenvalue weighted by molar-refractivity contribution is 6.32. The van der Waals surface area contributed by atoms with Gasteiger partial charge in [-0.1, -0.05) is 36.4 Å². The molecule has 0 aliphatic rings. The van der Waals surface area contributed by atoms with Gasteiger partial charge in [0.15, 0.2) is 0 Å². The van der Waals surface area contributed by atoms with E-state index in [0.717, 1.165) is 11.5 Å². The van der Waals surface area contributed by atoms with Crippen molar-refractivity contribution in [2.75, 3.05) is 0 Å². The van der Waals surface area contributed by atoms with E-state index in [1.54, 1.807) is 24.3 Å². The number of hydrogen-bond donors (Lipinski definition) is 3. The van der Waals surface area contributed by atoms with Crippen LogP contribution in [-0.4, -0.2) is 35.9 Å². The van der Waals surface area contributed by atoms with Crippen molar-refractivity contribution in [1.29, 1.82) is 0 Å². The summed E-state index contributed by atoms with van der Waals surface area (Å²) in [5.41, 5.74) is 1.24. The second-order valence-corrected chi connectivity index (χ2v) is 6.31. The molecule has 158 valence electrons. The Hall–Kier alpha value is -3.02. The zero-order chi connectivity index (χ0) is 21.7. The fourth-order valence-electron chi connectivity index (χ4n) is 2.95. The number of furan rings is 1. The van der Waals surface area contributed by atoms with Gasteiger partial charge in [-0.25, -0.2) is 0 Å². The van der Waals surface area contributed by atoms with E-state index < -0.39 is 38.0 Å². The van der Waals surface area contributed by atoms with Crippen molar-refractivity contribution in [3.8, 4) is 5.75 Å². The van der Waals surface area contributed by atoms with Crippen LogP contribution >= 0.6 is 0 Å². The molecule has 1 heterocycles. The van der Waals surface area contributed by atoms with Crippen LogP contribution in [0.3, 0.4) is 0 Å². The molecule has 0 unspecified atom stereocenters. The second kappa shape index (κ2) is 9.20. The average molecular weight is 423 g/mol. The summed E-state index contributed by atoms with van der Waals surface area (Å²) in [6.45, 7) is 0. The number of alkyl halides is 3. The number of carbonyl (C=O) groups is 1. The number of ether oxygens (including phenoxy) is 1. The Bertz CT molecular complexity index is 1010. The van der Waals surface area contributed by atoms with Gasteiger partial charge in [-0.2, -0.15) is 0 Å². The van der Waals surface area contributed by atoms with Crippen LogP contribution in [0.15, 0.2) is 59.2 Å². The van der Waals surface area contributed by atoms with Crippen LogP contribution in [0.2, 0.25) is 0 Å². The number of carbonyl (C=O) groups excluding carboxylic acids is 1. The molecule has 7 nitrogen and oxygen atoms in total. The van der Waals surface area contributed by atoms with Crippen LogP contribution in [0, 0.1) is 0 Å². The normalized spacial score (nSPS) is 12.6. The molecule has 0 spiro atoms. The number of benzene rings is 2. The van der Waals surface area contributed by atoms with E-state index in [-0.39, 0.29) is 12.0 Å². The van der Waals surface area contributed by atoms with Gasteiger partial charge in [-0.3, -0.25) is 4.79 Å². The van der Waals surface area contributed by atoms with Crippen molar-refractivity contribution in [1.82, 2.24) is 5.32 Å². The molecule has 3 N–H and O–H groups in total. The Morgan fingerprint density at radius 2 is 1.80 bits per heavy atom. The summed E-state index contributed by atoms with van der Waals surface area (Å²) in [6, 6.07) is 12.3. The van der Waals surface area contributed by atoms with E-state index in [0.29, 0.717) is 11.1 Å². The van der Waals surface area contributed by atoms with Gasteiger partial charge in [0.2, 0.25) is 5.91 Å². The highest BCUT2D eigenvalue weighted by atomic mass is 19.4. The van der Waals surface area contributed by atoms with Crippen molar-refractivity contribution in [3.63, 3.8) is 0 Å². The number of nitrogens with one attached hydrogen (secondary N) is 1. The minimum atomic E-state index is -4.90. The molecule has 0 aliphatic carbocycles. The van der Waals surface area contributed by atoms with Gasteiger partial charge in [0.1, 0.15) is 17.6 Å². The predicted molar refractivity (Wildman–Crippen MR) is 100.0 cm³/mol. The molecule has 0 saturated carbocycles. The van der Waals surface area contributed by atoms with Gasteiger partial charge in [0.05, 0.1) is 12.7 Å². The first-order chi connectivity index (χ1) is 14.2. The van der Waals surface area contributed by atoms with E-state index in [1.165, 1.54) is 24.5 Å². The summed E-state index contributed by atoms with van der Waals surface area (Å²) < 4.78 is 51.9. The van der Waals surface area contributed by atoms with Crippen LogP contribution in [0.5, 0.6) is 5.75 Å². The predicted octanol–water partition coefficient (Wildman–Crippen LogP) is 2.55. The van der Waals surface area contributed by atoms with Crippen LogP contribution in [0.25, 0.3) is 11.0 Å². The maximum absolute atomic E-state index is 12.5. The van der Waals surface area contributed by atoms with Gasteiger partial charge >= 0.3 is 13.7 Å². The van der Waals surface area contributed by atoms with Crippen molar-refractivity contribution in [2.45, 2.75) is 25.4 Å². The lowest BCUT2D eigenvalue weighted by Crippen LogP contribution is -2.43. The summed E-state index contributed by atoms with van der Waals surface area (Å²) in [7, 11) is -2.17. The Kier molecular flexibility index (Phi) is 6.65. The number of para-hydroxylation sites is 2. The fourth-order valence-corrected chi connectivity index (χ4v) is 2.95. The van der Waals surface area contributed by atoms with Gasteiger partial charge in [0.25, 0.3) is 0 Å². The van der Waals surface area contributed by atoms with E-state index >= 15 is 0 Å². The highest BCUT2D eigenvalue weighted by Gasteiger charge is 2.32. The Morgan fingerprint density at radius 3 is 2.53 bits per heavy atom. The topological polar surface area (TPSA) is 101 Å². The minimum absolute atomic E-state index is 0.00406. The molecular weight excluding hydrogens is 406 g/mol. The first kappa shape index (κ1) is 21.7. The molecule has 1 aromatic heterocycles. The molecule has 0 aliphatic heterocycles. The zero-order valence-corrected chi connectivity index (χ0v) is 15.4. The molecule has 2 aromatic carbocycles. The number of hydrogen-bond acceptors (Lipinski definition) is 6. The van der Waals surface area contributed by atoms with Crippen molar-refractivity contribution in [2.24, 2.45) is 0 Å². The first-order valence-electron chi connectivity index (χ1n) is 8.81. The summed E-state index contributed by atoms with van der Waals surface area (Å²) >= 11 is 0. The molecule has 0 saturated heterocycles. The molecule has 3 aromatic rings. The van der Waals surface area contributed by atoms with Gasteiger partial charge < -0.3 is 29.2 Å². The second-order valence-electron chi connectivity index (χ2n) is 6.31. The molecule has 3 rings (SSSR count). The molecule has 1 amide bonds. The van der Waals surface area contributed by atoms with Crippen LogP contribution in [-0.2, 0) is 22.3 Å². The molecule has 11 heteroatoms. The third kappa shape index (κ3) is 5.99. The standard InChI is InChI=1S/C19H17BF3NO6/c21-19(22,23)29-15-7-3-1-5-12(15)9-17(25)24-18(30-20(26)27)10-13-11-28-16-8-4-2-6-14(13)16/h1-8,11,18,26-27H,9-10H2,(H,24,25)/t18-/m1/s1. The maximum Gasteiger partial charge on any atom is 0.635 e. The van der Waals surface area contributed by atoms with Crippen LogP contribution in [0.1, 0.15) is 11.1 Å². The number of fused-ring (bicyclic) bond motifs is 1. The van der Waals surface area contributed by atoms with Gasteiger partial charge in [-0.15, -0.1) is 13.2 Å². The van der Waals surface area contributed by atoms with E-state index in [4.69, 9.17) is 19.1 Å². The lowest BCUT2D eigenvalue weighted by atomic mass is 10.1. The Labute approximate surface area is 169 Å². The molecule has 0 bridgehead atoms. The number of halogens is 3. The van der Waals surface area contributed by atoms with E-state index in [9.17, 15) is 18.0 Å². The SMILES string of the molecule is O=C(Cc1ccccc1OC(F)(F)F)N[C@@H](Cc1coc2ccccc12)OB(O)O. The quantitative estimate of drug-likeness (QED) is 0.381. The summed E-state index contributed by atoms with van der Waals surface area (Å²) in [5, 5.41) is 21.5. The molecule has 1 atom stereocenters. The third-order valence-corrected chi connectivity index (χ3v) is 4.12. The third-order valence-electron chi connectivity index (χ3n) is 4.12. The first-order valence-corrected chi connectivity index (χ1v) is 8.81. The Balaban J connectivity index is 1.72. The molecule has 30 heavy (non-hydrogen) atoms. The molecule has 0 radical (unpaired) electrons. The van der Waals surface area contributed by atoms with Crippen LogP contribution in [0.4, 0.5) is 13.2 Å². The zero-order valence-electron chi connectivity index (χ0n) is 15.4. The fraction of sp³-hybridized carbons (Fsp3) is 0.211. The highest BCUT2D eigenvalue weighted by Crippen LogP contribution is 2.27. The van der Waals surface area contributed by atoms with Crippen LogP contribution < -0.4 is 10.1 Å². The monoisotopic (exact) mass is 423 g/mol. The number of amides is 1. The largest absolute Gasteiger partial charge is 0.635 e. The summed E-state index contributed by atoms with van der Waals surface area (Å²) in [5.74, 6) is -1.20. The number of rotatable bonds is 8. The van der Waals surface area contributed by atoms with E-state index in [1.807, 2.05) is 0 Å².